The molecular weight excluding hydrogens is 258 g/mol. The van der Waals surface area contributed by atoms with E-state index in [1.807, 2.05) is 13.0 Å². The van der Waals surface area contributed by atoms with Crippen LogP contribution in [0.15, 0.2) is 24.3 Å². The number of morpholine rings is 1. The highest BCUT2D eigenvalue weighted by atomic mass is 16.5. The molecule has 1 N–H and O–H groups in total. The molecule has 1 saturated heterocycles. The van der Waals surface area contributed by atoms with Crippen molar-refractivity contribution < 1.29 is 19.4 Å². The van der Waals surface area contributed by atoms with Gasteiger partial charge in [0, 0.05) is 19.2 Å². The molecule has 5 heteroatoms. The second-order valence-corrected chi connectivity index (χ2v) is 4.71. The van der Waals surface area contributed by atoms with Crippen LogP contribution in [0.25, 0.3) is 6.08 Å². The molecule has 20 heavy (non-hydrogen) atoms. The summed E-state index contributed by atoms with van der Waals surface area (Å²) in [5, 5.41) is 9.00. The Morgan fingerprint density at radius 3 is 2.60 bits per heavy atom. The predicted molar refractivity (Wildman–Crippen MR) is 74.6 cm³/mol. The average Bonchev–Trinajstić information content (AvgIpc) is 2.45. The number of benzene rings is 1. The number of nitrogens with zero attached hydrogens (tertiary/aromatic N) is 1. The molecule has 0 radical (unpaired) electrons. The van der Waals surface area contributed by atoms with Crippen LogP contribution in [0.4, 0.5) is 0 Å². The van der Waals surface area contributed by atoms with Crippen LogP contribution in [0.3, 0.4) is 0 Å². The number of hydrogen-bond donors (Lipinski definition) is 1. The summed E-state index contributed by atoms with van der Waals surface area (Å²) in [5.74, 6) is -1.05. The molecule has 0 bridgehead atoms. The van der Waals surface area contributed by atoms with Crippen molar-refractivity contribution in [3.8, 4) is 0 Å². The number of rotatable bonds is 3. The molecule has 0 aromatic heterocycles. The van der Waals surface area contributed by atoms with E-state index < -0.39 is 5.97 Å². The van der Waals surface area contributed by atoms with Gasteiger partial charge >= 0.3 is 5.97 Å². The lowest BCUT2D eigenvalue weighted by Crippen LogP contribution is -2.39. The van der Waals surface area contributed by atoms with Gasteiger partial charge in [0.1, 0.15) is 0 Å². The van der Waals surface area contributed by atoms with Crippen LogP contribution >= 0.6 is 0 Å². The van der Waals surface area contributed by atoms with Gasteiger partial charge in [-0.15, -0.1) is 0 Å². The Balaban J connectivity index is 2.10. The Morgan fingerprint density at radius 2 is 1.95 bits per heavy atom. The summed E-state index contributed by atoms with van der Waals surface area (Å²) >= 11 is 0. The number of carboxylic acid groups (broad SMARTS) is 1. The monoisotopic (exact) mass is 275 g/mol. The van der Waals surface area contributed by atoms with Gasteiger partial charge in [0.25, 0.3) is 0 Å². The molecule has 1 aromatic carbocycles. The minimum Gasteiger partial charge on any atom is -0.478 e. The molecule has 1 aliphatic rings. The number of aryl methyl sites for hydroxylation is 1. The molecule has 0 spiro atoms. The number of amides is 1. The first-order valence-corrected chi connectivity index (χ1v) is 6.46. The first kappa shape index (κ1) is 14.3. The van der Waals surface area contributed by atoms with Gasteiger partial charge in [-0.3, -0.25) is 4.79 Å². The van der Waals surface area contributed by atoms with Gasteiger partial charge in [-0.2, -0.15) is 0 Å². The minimum atomic E-state index is -0.970. The van der Waals surface area contributed by atoms with E-state index in [2.05, 4.69) is 0 Å². The number of hydrogen-bond acceptors (Lipinski definition) is 3. The standard InChI is InChI=1S/C15H17NO4/c1-11-8-12(10-13(9-11)15(18)19)2-3-14(17)16-4-6-20-7-5-16/h2-3,8-10H,4-7H2,1H3,(H,18,19). The Kier molecular flexibility index (Phi) is 4.53. The third-order valence-corrected chi connectivity index (χ3v) is 3.09. The van der Waals surface area contributed by atoms with Crippen LogP contribution in [0.1, 0.15) is 21.5 Å². The normalized spacial score (nSPS) is 15.6. The molecule has 2 rings (SSSR count). The Bertz CT molecular complexity index is 545. The fourth-order valence-electron chi connectivity index (χ4n) is 2.09. The van der Waals surface area contributed by atoms with E-state index in [1.165, 1.54) is 6.08 Å². The first-order valence-electron chi connectivity index (χ1n) is 6.46. The maximum Gasteiger partial charge on any atom is 0.335 e. The zero-order valence-corrected chi connectivity index (χ0v) is 11.3. The SMILES string of the molecule is Cc1cc(C=CC(=O)N2CCOCC2)cc(C(=O)O)c1. The van der Waals surface area contributed by atoms with E-state index in [0.717, 1.165) is 5.56 Å². The second-order valence-electron chi connectivity index (χ2n) is 4.71. The highest BCUT2D eigenvalue weighted by Crippen LogP contribution is 2.12. The molecule has 5 nitrogen and oxygen atoms in total. The third-order valence-electron chi connectivity index (χ3n) is 3.09. The average molecular weight is 275 g/mol. The number of carboxylic acids is 1. The lowest BCUT2D eigenvalue weighted by atomic mass is 10.1. The van der Waals surface area contributed by atoms with Crippen LogP contribution < -0.4 is 0 Å². The van der Waals surface area contributed by atoms with Gasteiger partial charge in [-0.25, -0.2) is 4.79 Å². The summed E-state index contributed by atoms with van der Waals surface area (Å²) in [6.07, 6.45) is 3.13. The maximum absolute atomic E-state index is 11.9. The van der Waals surface area contributed by atoms with Gasteiger partial charge in [0.15, 0.2) is 0 Å². The van der Waals surface area contributed by atoms with Crippen LogP contribution in [-0.4, -0.2) is 48.2 Å². The molecule has 1 aromatic rings. The predicted octanol–water partition coefficient (Wildman–Crippen LogP) is 1.57. The molecule has 0 atom stereocenters. The summed E-state index contributed by atoms with van der Waals surface area (Å²) in [6.45, 7) is 4.14. The Hall–Kier alpha value is -2.14. The lowest BCUT2D eigenvalue weighted by Gasteiger charge is -2.25. The number of carbonyl (C=O) groups is 2. The van der Waals surface area contributed by atoms with Crippen molar-refractivity contribution in [3.63, 3.8) is 0 Å². The van der Waals surface area contributed by atoms with Crippen LogP contribution in [-0.2, 0) is 9.53 Å². The van der Waals surface area contributed by atoms with Gasteiger partial charge < -0.3 is 14.7 Å². The molecule has 0 saturated carbocycles. The van der Waals surface area contributed by atoms with Crippen molar-refractivity contribution >= 4 is 18.0 Å². The van der Waals surface area contributed by atoms with Crippen molar-refractivity contribution in [1.82, 2.24) is 4.90 Å². The molecule has 1 amide bonds. The van der Waals surface area contributed by atoms with Crippen LogP contribution in [0.2, 0.25) is 0 Å². The van der Waals surface area contributed by atoms with Crippen molar-refractivity contribution in [1.29, 1.82) is 0 Å². The van der Waals surface area contributed by atoms with Crippen LogP contribution in [0, 0.1) is 6.92 Å². The Morgan fingerprint density at radius 1 is 1.25 bits per heavy atom. The van der Waals surface area contributed by atoms with Crippen molar-refractivity contribution in [3.05, 3.63) is 41.0 Å². The maximum atomic E-state index is 11.9. The summed E-state index contributed by atoms with van der Waals surface area (Å²) in [4.78, 5) is 24.6. The van der Waals surface area contributed by atoms with E-state index in [-0.39, 0.29) is 11.5 Å². The molecule has 1 aliphatic heterocycles. The summed E-state index contributed by atoms with van der Waals surface area (Å²) in [7, 11) is 0. The van der Waals surface area contributed by atoms with Gasteiger partial charge in [0.2, 0.25) is 5.91 Å². The second kappa shape index (κ2) is 6.34. The Labute approximate surface area is 117 Å². The molecule has 0 aliphatic carbocycles. The van der Waals surface area contributed by atoms with E-state index >= 15 is 0 Å². The summed E-state index contributed by atoms with van der Waals surface area (Å²) in [6, 6.07) is 5.00. The smallest absolute Gasteiger partial charge is 0.335 e. The van der Waals surface area contributed by atoms with E-state index in [0.29, 0.717) is 31.9 Å². The largest absolute Gasteiger partial charge is 0.478 e. The molecule has 106 valence electrons. The number of carbonyl (C=O) groups excluding carboxylic acids is 1. The highest BCUT2D eigenvalue weighted by molar-refractivity contribution is 5.93. The van der Waals surface area contributed by atoms with E-state index in [4.69, 9.17) is 9.84 Å². The number of aromatic carboxylic acids is 1. The number of ether oxygens (including phenoxy) is 1. The molecule has 0 unspecified atom stereocenters. The minimum absolute atomic E-state index is 0.0771. The van der Waals surface area contributed by atoms with Crippen molar-refractivity contribution in [2.24, 2.45) is 0 Å². The van der Waals surface area contributed by atoms with Gasteiger partial charge in [-0.05, 0) is 36.3 Å². The third kappa shape index (κ3) is 3.68. The van der Waals surface area contributed by atoms with Crippen molar-refractivity contribution in [2.45, 2.75) is 6.92 Å². The lowest BCUT2D eigenvalue weighted by molar-refractivity contribution is -0.129. The fourth-order valence-corrected chi connectivity index (χ4v) is 2.09. The quantitative estimate of drug-likeness (QED) is 0.850. The summed E-state index contributed by atoms with van der Waals surface area (Å²) in [5.41, 5.74) is 1.79. The topological polar surface area (TPSA) is 66.8 Å². The summed E-state index contributed by atoms with van der Waals surface area (Å²) < 4.78 is 5.19. The van der Waals surface area contributed by atoms with E-state index in [9.17, 15) is 9.59 Å². The van der Waals surface area contributed by atoms with Crippen molar-refractivity contribution in [2.75, 3.05) is 26.3 Å². The van der Waals surface area contributed by atoms with E-state index in [1.54, 1.807) is 23.1 Å². The fraction of sp³-hybridized carbons (Fsp3) is 0.333. The zero-order chi connectivity index (χ0) is 14.5. The molecular formula is C15H17NO4. The highest BCUT2D eigenvalue weighted by Gasteiger charge is 2.14. The van der Waals surface area contributed by atoms with Crippen LogP contribution in [0.5, 0.6) is 0 Å². The molecule has 1 heterocycles. The zero-order valence-electron chi connectivity index (χ0n) is 11.3. The van der Waals surface area contributed by atoms with Gasteiger partial charge in [-0.1, -0.05) is 6.07 Å². The first-order chi connectivity index (χ1) is 9.56. The van der Waals surface area contributed by atoms with Gasteiger partial charge in [0.05, 0.1) is 18.8 Å². The molecule has 1 fully saturated rings.